The average molecular weight is 338 g/mol. The third kappa shape index (κ3) is 3.36. The number of benzene rings is 1. The Labute approximate surface area is 147 Å². The van der Waals surface area contributed by atoms with Crippen LogP contribution in [0.5, 0.6) is 5.75 Å². The fourth-order valence-corrected chi connectivity index (χ4v) is 3.03. The van der Waals surface area contributed by atoms with Crippen molar-refractivity contribution in [3.63, 3.8) is 0 Å². The second-order valence-corrected chi connectivity index (χ2v) is 6.52. The number of aromatic nitrogens is 2. The van der Waals surface area contributed by atoms with Crippen molar-refractivity contribution < 1.29 is 9.53 Å². The Kier molecular flexibility index (Phi) is 4.49. The summed E-state index contributed by atoms with van der Waals surface area (Å²) in [6.45, 7) is 5.69. The molecule has 0 N–H and O–H groups in total. The smallest absolute Gasteiger partial charge is 0.265 e. The van der Waals surface area contributed by atoms with Crippen molar-refractivity contribution in [2.45, 2.75) is 39.7 Å². The molecule has 1 fully saturated rings. The van der Waals surface area contributed by atoms with Crippen LogP contribution in [0.1, 0.15) is 35.4 Å². The van der Waals surface area contributed by atoms with E-state index >= 15 is 0 Å². The highest BCUT2D eigenvalue weighted by atomic mass is 16.5. The largest absolute Gasteiger partial charge is 0.480 e. The third-order valence-corrected chi connectivity index (χ3v) is 4.55. The molecule has 1 aromatic heterocycles. The number of ether oxygens (including phenoxy) is 1. The number of hydrogen-bond acceptors (Lipinski definition) is 4. The molecule has 3 rings (SSSR count). The summed E-state index contributed by atoms with van der Waals surface area (Å²) in [6, 6.07) is 7.77. The predicted molar refractivity (Wildman–Crippen MR) is 94.6 cm³/mol. The molecule has 130 valence electrons. The molecular weight excluding hydrogens is 316 g/mol. The van der Waals surface area contributed by atoms with Gasteiger partial charge < -0.3 is 9.64 Å². The van der Waals surface area contributed by atoms with Crippen LogP contribution >= 0.6 is 0 Å². The first-order valence-corrected chi connectivity index (χ1v) is 8.38. The van der Waals surface area contributed by atoms with Crippen LogP contribution in [0, 0.1) is 32.1 Å². The van der Waals surface area contributed by atoms with Crippen LogP contribution in [-0.4, -0.2) is 28.3 Å². The van der Waals surface area contributed by atoms with Crippen molar-refractivity contribution >= 4 is 11.6 Å². The van der Waals surface area contributed by atoms with Gasteiger partial charge in [0.15, 0.2) is 12.4 Å². The fraction of sp³-hybridized carbons (Fsp3) is 0.421. The summed E-state index contributed by atoms with van der Waals surface area (Å²) in [4.78, 5) is 14.7. The van der Waals surface area contributed by atoms with Gasteiger partial charge in [0.25, 0.3) is 5.91 Å². The quantitative estimate of drug-likeness (QED) is 0.840. The van der Waals surface area contributed by atoms with Gasteiger partial charge >= 0.3 is 0 Å². The predicted octanol–water partition coefficient (Wildman–Crippen LogP) is 2.79. The van der Waals surface area contributed by atoms with Crippen molar-refractivity contribution in [2.24, 2.45) is 7.05 Å². The lowest BCUT2D eigenvalue weighted by Gasteiger charge is -2.24. The van der Waals surface area contributed by atoms with Gasteiger partial charge in [0, 0.05) is 18.8 Å². The Morgan fingerprint density at radius 2 is 2.12 bits per heavy atom. The van der Waals surface area contributed by atoms with E-state index in [4.69, 9.17) is 10.00 Å². The minimum atomic E-state index is -0.0713. The van der Waals surface area contributed by atoms with E-state index in [0.717, 1.165) is 35.5 Å². The lowest BCUT2D eigenvalue weighted by molar-refractivity contribution is -0.120. The van der Waals surface area contributed by atoms with E-state index in [1.54, 1.807) is 10.7 Å². The van der Waals surface area contributed by atoms with Crippen molar-refractivity contribution in [3.8, 4) is 11.8 Å². The van der Waals surface area contributed by atoms with Crippen LogP contribution in [0.25, 0.3) is 0 Å². The van der Waals surface area contributed by atoms with Gasteiger partial charge in [-0.15, -0.1) is 0 Å². The van der Waals surface area contributed by atoms with Gasteiger partial charge in [-0.05, 0) is 57.4 Å². The summed E-state index contributed by atoms with van der Waals surface area (Å²) in [5.41, 5.74) is 4.06. The number of amides is 1. The number of anilines is 1. The lowest BCUT2D eigenvalue weighted by atomic mass is 10.1. The van der Waals surface area contributed by atoms with Crippen molar-refractivity contribution in [1.82, 2.24) is 9.78 Å². The van der Waals surface area contributed by atoms with Crippen LogP contribution in [-0.2, 0) is 11.8 Å². The zero-order valence-electron chi connectivity index (χ0n) is 15.0. The first-order valence-electron chi connectivity index (χ1n) is 8.38. The third-order valence-electron chi connectivity index (χ3n) is 4.55. The Morgan fingerprint density at radius 3 is 2.64 bits per heavy atom. The van der Waals surface area contributed by atoms with Crippen LogP contribution in [0.15, 0.2) is 18.2 Å². The SMILES string of the molecule is Cc1cc(C#N)ccc1N(C(=O)COc1c(C)nn(C)c1C)C1CC1. The molecule has 6 heteroatoms. The first-order chi connectivity index (χ1) is 11.9. The molecule has 1 aliphatic carbocycles. The maximum absolute atomic E-state index is 12.8. The van der Waals surface area contributed by atoms with E-state index in [1.165, 1.54) is 0 Å². The number of nitriles is 1. The van der Waals surface area contributed by atoms with E-state index in [9.17, 15) is 4.79 Å². The van der Waals surface area contributed by atoms with Gasteiger partial charge in [-0.3, -0.25) is 9.48 Å². The lowest BCUT2D eigenvalue weighted by Crippen LogP contribution is -2.37. The van der Waals surface area contributed by atoms with Crippen LogP contribution in [0.4, 0.5) is 5.69 Å². The standard InChI is InChI=1S/C19H22N4O2/c1-12-9-15(10-20)5-8-17(12)23(16-6-7-16)18(24)11-25-19-13(2)21-22(4)14(19)3/h5,8-9,16H,6-7,11H2,1-4H3. The van der Waals surface area contributed by atoms with Crippen LogP contribution in [0.3, 0.4) is 0 Å². The summed E-state index contributed by atoms with van der Waals surface area (Å²) in [6.07, 6.45) is 1.99. The molecule has 1 aromatic carbocycles. The number of rotatable bonds is 5. The Morgan fingerprint density at radius 1 is 1.40 bits per heavy atom. The highest BCUT2D eigenvalue weighted by Gasteiger charge is 2.34. The maximum atomic E-state index is 12.8. The zero-order valence-corrected chi connectivity index (χ0v) is 15.0. The number of carbonyl (C=O) groups is 1. The van der Waals surface area contributed by atoms with E-state index in [1.807, 2.05) is 44.9 Å². The Balaban J connectivity index is 1.79. The van der Waals surface area contributed by atoms with E-state index in [-0.39, 0.29) is 18.6 Å². The van der Waals surface area contributed by atoms with Crippen molar-refractivity contribution in [1.29, 1.82) is 5.26 Å². The van der Waals surface area contributed by atoms with Gasteiger partial charge in [0.1, 0.15) is 5.69 Å². The summed E-state index contributed by atoms with van der Waals surface area (Å²) < 4.78 is 7.54. The number of hydrogen-bond donors (Lipinski definition) is 0. The van der Waals surface area contributed by atoms with E-state index in [2.05, 4.69) is 11.2 Å². The number of carbonyl (C=O) groups excluding carboxylic acids is 1. The van der Waals surface area contributed by atoms with E-state index in [0.29, 0.717) is 11.3 Å². The topological polar surface area (TPSA) is 71.2 Å². The minimum absolute atomic E-state index is 0.0245. The molecule has 0 saturated heterocycles. The van der Waals surface area contributed by atoms with E-state index < -0.39 is 0 Å². The Bertz CT molecular complexity index is 859. The molecule has 0 aliphatic heterocycles. The van der Waals surface area contributed by atoms with Crippen molar-refractivity contribution in [2.75, 3.05) is 11.5 Å². The summed E-state index contributed by atoms with van der Waals surface area (Å²) >= 11 is 0. The van der Waals surface area contributed by atoms with Gasteiger partial charge in [-0.1, -0.05) is 0 Å². The number of aryl methyl sites for hydroxylation is 3. The summed E-state index contributed by atoms with van der Waals surface area (Å²) in [5.74, 6) is 0.598. The van der Waals surface area contributed by atoms with Gasteiger partial charge in [0.2, 0.25) is 0 Å². The monoisotopic (exact) mass is 338 g/mol. The molecule has 1 saturated carbocycles. The highest BCUT2D eigenvalue weighted by molar-refractivity contribution is 5.96. The molecule has 0 atom stereocenters. The molecule has 0 spiro atoms. The fourth-order valence-electron chi connectivity index (χ4n) is 3.03. The molecule has 1 aliphatic rings. The molecule has 1 heterocycles. The van der Waals surface area contributed by atoms with Gasteiger partial charge in [0.05, 0.1) is 17.3 Å². The molecule has 2 aromatic rings. The first kappa shape index (κ1) is 17.0. The average Bonchev–Trinajstić information content (AvgIpc) is 3.37. The van der Waals surface area contributed by atoms with Crippen LogP contribution in [0.2, 0.25) is 0 Å². The summed E-state index contributed by atoms with van der Waals surface area (Å²) in [5, 5.41) is 13.3. The zero-order chi connectivity index (χ0) is 18.1. The van der Waals surface area contributed by atoms with Gasteiger partial charge in [-0.2, -0.15) is 10.4 Å². The molecule has 1 amide bonds. The molecular formula is C19H22N4O2. The molecule has 25 heavy (non-hydrogen) atoms. The summed E-state index contributed by atoms with van der Waals surface area (Å²) in [7, 11) is 1.85. The highest BCUT2D eigenvalue weighted by Crippen LogP contribution is 2.34. The molecule has 0 radical (unpaired) electrons. The second kappa shape index (κ2) is 6.60. The van der Waals surface area contributed by atoms with Crippen molar-refractivity contribution in [3.05, 3.63) is 40.7 Å². The molecule has 0 unspecified atom stereocenters. The van der Waals surface area contributed by atoms with Crippen LogP contribution < -0.4 is 9.64 Å². The Hall–Kier alpha value is -2.81. The maximum Gasteiger partial charge on any atom is 0.265 e. The van der Waals surface area contributed by atoms with Gasteiger partial charge in [-0.25, -0.2) is 0 Å². The minimum Gasteiger partial charge on any atom is -0.480 e. The molecule has 0 bridgehead atoms. The second-order valence-electron chi connectivity index (χ2n) is 6.52. The number of nitrogens with zero attached hydrogens (tertiary/aromatic N) is 4. The normalized spacial score (nSPS) is 13.4. The molecule has 6 nitrogen and oxygen atoms in total.